The highest BCUT2D eigenvalue weighted by molar-refractivity contribution is 6.30. The molecular weight excluding hydrogens is 539 g/mol. The first-order valence-electron chi connectivity index (χ1n) is 16.3. The van der Waals surface area contributed by atoms with Crippen molar-refractivity contribution in [2.75, 3.05) is 37.0 Å². The second kappa shape index (κ2) is 21.3. The predicted octanol–water partition coefficient (Wildman–Crippen LogP) is 10.4. The molecule has 228 valence electrons. The predicted molar refractivity (Wildman–Crippen MR) is 175 cm³/mol. The topological polar surface area (TPSA) is 58.0 Å². The molecule has 0 radical (unpaired) electrons. The van der Waals surface area contributed by atoms with Gasteiger partial charge >= 0.3 is 0 Å². The molecule has 0 aliphatic carbocycles. The second-order valence-electron chi connectivity index (χ2n) is 11.5. The van der Waals surface area contributed by atoms with Crippen molar-refractivity contribution in [2.45, 2.75) is 142 Å². The van der Waals surface area contributed by atoms with E-state index in [1.54, 1.807) is 0 Å². The van der Waals surface area contributed by atoms with Gasteiger partial charge in [-0.3, -0.25) is 0 Å². The minimum absolute atomic E-state index is 0.219. The lowest BCUT2D eigenvalue weighted by Gasteiger charge is -2.22. The average molecular weight is 596 g/mol. The summed E-state index contributed by atoms with van der Waals surface area (Å²) in [6, 6.07) is 0. The molecular formula is C32H56Cl2N6. The molecule has 8 heteroatoms. The van der Waals surface area contributed by atoms with Gasteiger partial charge in [0.2, 0.25) is 10.6 Å². The minimum Gasteiger partial charge on any atom is -0.358 e. The first-order chi connectivity index (χ1) is 19.5. The number of nitrogens with zero attached hydrogens (tertiary/aromatic N) is 6. The van der Waals surface area contributed by atoms with Gasteiger partial charge in [-0.05, 0) is 36.0 Å². The average Bonchev–Trinajstić information content (AvgIpc) is 2.94. The van der Waals surface area contributed by atoms with Gasteiger partial charge in [0.25, 0.3) is 0 Å². The summed E-state index contributed by atoms with van der Waals surface area (Å²) in [5, 5.41) is 0.439. The third-order valence-corrected chi connectivity index (χ3v) is 8.21. The second-order valence-corrected chi connectivity index (χ2v) is 12.2. The van der Waals surface area contributed by atoms with Crippen molar-refractivity contribution < 1.29 is 0 Å². The Labute approximate surface area is 255 Å². The molecule has 0 unspecified atom stereocenters. The van der Waals surface area contributed by atoms with E-state index in [0.717, 1.165) is 37.6 Å². The van der Waals surface area contributed by atoms with E-state index < -0.39 is 0 Å². The summed E-state index contributed by atoms with van der Waals surface area (Å²) in [5.74, 6) is 1.45. The number of rotatable bonds is 24. The van der Waals surface area contributed by atoms with Gasteiger partial charge in [-0.1, -0.05) is 129 Å². The zero-order valence-electron chi connectivity index (χ0n) is 26.0. The maximum Gasteiger partial charge on any atom is 0.225 e. The number of fused-ring (bicyclic) bond motifs is 1. The number of halogens is 2. The maximum atomic E-state index is 6.41. The summed E-state index contributed by atoms with van der Waals surface area (Å²) in [7, 11) is 4.10. The van der Waals surface area contributed by atoms with Crippen LogP contribution >= 0.6 is 23.2 Å². The molecule has 2 heterocycles. The Bertz CT molecular complexity index is 866. The third kappa shape index (κ3) is 13.5. The molecule has 0 fully saturated rings. The molecule has 2 rings (SSSR count). The van der Waals surface area contributed by atoms with E-state index in [0.29, 0.717) is 11.0 Å². The monoisotopic (exact) mass is 594 g/mol. The van der Waals surface area contributed by atoms with Gasteiger partial charge in [-0.15, -0.1) is 0 Å². The lowest BCUT2D eigenvalue weighted by atomic mass is 10.1. The molecule has 0 amide bonds. The standard InChI is InChI=1S/C32H56Cl2N6/c1-5-7-9-11-13-15-17-19-21-23-25-39(3)29-27-28(36-31(33)37-29)30(38-32(34)35-27)40(4)26-24-22-20-18-16-14-12-10-8-6-2/h5-26H2,1-4H3. The number of hydrogen-bond donors (Lipinski definition) is 0. The molecule has 0 saturated heterocycles. The van der Waals surface area contributed by atoms with E-state index in [1.165, 1.54) is 116 Å². The van der Waals surface area contributed by atoms with Crippen LogP contribution in [0.5, 0.6) is 0 Å². The van der Waals surface area contributed by atoms with Gasteiger partial charge in [-0.2, -0.15) is 9.97 Å². The maximum absolute atomic E-state index is 6.41. The fourth-order valence-corrected chi connectivity index (χ4v) is 5.68. The highest BCUT2D eigenvalue weighted by Gasteiger charge is 2.19. The molecule has 0 bridgehead atoms. The molecule has 0 aromatic carbocycles. The molecule has 2 aromatic rings. The number of anilines is 2. The van der Waals surface area contributed by atoms with Crippen molar-refractivity contribution in [1.29, 1.82) is 0 Å². The fourth-order valence-electron chi connectivity index (χ4n) is 5.35. The molecule has 0 spiro atoms. The van der Waals surface area contributed by atoms with Crippen LogP contribution in [0.1, 0.15) is 142 Å². The Morgan fingerprint density at radius 2 is 0.700 bits per heavy atom. The van der Waals surface area contributed by atoms with E-state index >= 15 is 0 Å². The van der Waals surface area contributed by atoms with E-state index in [1.807, 2.05) is 0 Å². The summed E-state index contributed by atoms with van der Waals surface area (Å²) in [4.78, 5) is 22.4. The Kier molecular flexibility index (Phi) is 18.6. The van der Waals surface area contributed by atoms with Crippen LogP contribution in [0.25, 0.3) is 11.0 Å². The van der Waals surface area contributed by atoms with E-state index in [2.05, 4.69) is 57.7 Å². The van der Waals surface area contributed by atoms with Crippen molar-refractivity contribution >= 4 is 45.9 Å². The minimum atomic E-state index is 0.219. The SMILES string of the molecule is CCCCCCCCCCCCN(C)c1nc(Cl)nc2c(N(C)CCCCCCCCCCCC)nc(Cl)nc12. The van der Waals surface area contributed by atoms with Crippen LogP contribution in [0.2, 0.25) is 10.6 Å². The summed E-state index contributed by atoms with van der Waals surface area (Å²) in [6.07, 6.45) is 26.3. The van der Waals surface area contributed by atoms with E-state index in [-0.39, 0.29) is 10.6 Å². The highest BCUT2D eigenvalue weighted by atomic mass is 35.5. The molecule has 2 aromatic heterocycles. The first kappa shape index (κ1) is 34.8. The quantitative estimate of drug-likeness (QED) is 0.0889. The van der Waals surface area contributed by atoms with Crippen LogP contribution < -0.4 is 9.80 Å². The van der Waals surface area contributed by atoms with E-state index in [4.69, 9.17) is 23.2 Å². The van der Waals surface area contributed by atoms with Crippen LogP contribution in [0.3, 0.4) is 0 Å². The van der Waals surface area contributed by atoms with Crippen LogP contribution in [0, 0.1) is 0 Å². The van der Waals surface area contributed by atoms with Crippen molar-refractivity contribution in [3.63, 3.8) is 0 Å². The number of unbranched alkanes of at least 4 members (excludes halogenated alkanes) is 18. The van der Waals surface area contributed by atoms with Crippen molar-refractivity contribution in [1.82, 2.24) is 19.9 Å². The first-order valence-corrected chi connectivity index (χ1v) is 17.1. The zero-order chi connectivity index (χ0) is 29.0. The Morgan fingerprint density at radius 1 is 0.425 bits per heavy atom. The number of hydrogen-bond acceptors (Lipinski definition) is 6. The molecule has 0 aliphatic heterocycles. The summed E-state index contributed by atoms with van der Waals surface area (Å²) >= 11 is 12.8. The van der Waals surface area contributed by atoms with Crippen LogP contribution in [0.15, 0.2) is 0 Å². The van der Waals surface area contributed by atoms with Crippen LogP contribution in [-0.4, -0.2) is 47.1 Å². The van der Waals surface area contributed by atoms with Gasteiger partial charge < -0.3 is 9.80 Å². The van der Waals surface area contributed by atoms with Gasteiger partial charge in [0, 0.05) is 27.2 Å². The molecule has 6 nitrogen and oxygen atoms in total. The Hall–Kier alpha value is -1.40. The van der Waals surface area contributed by atoms with E-state index in [9.17, 15) is 0 Å². The molecule has 0 saturated carbocycles. The van der Waals surface area contributed by atoms with Gasteiger partial charge in [0.05, 0.1) is 0 Å². The third-order valence-electron chi connectivity index (χ3n) is 7.87. The summed E-state index contributed by atoms with van der Waals surface area (Å²) in [5.41, 5.74) is 1.34. The fraction of sp³-hybridized carbons (Fsp3) is 0.812. The van der Waals surface area contributed by atoms with Gasteiger partial charge in [-0.25, -0.2) is 9.97 Å². The molecule has 0 atom stereocenters. The Morgan fingerprint density at radius 3 is 1.00 bits per heavy atom. The summed E-state index contributed by atoms with van der Waals surface area (Å²) < 4.78 is 0. The molecule has 0 N–H and O–H groups in total. The smallest absolute Gasteiger partial charge is 0.225 e. The van der Waals surface area contributed by atoms with Crippen molar-refractivity contribution in [3.05, 3.63) is 10.6 Å². The normalized spacial score (nSPS) is 11.4. The largest absolute Gasteiger partial charge is 0.358 e. The number of aromatic nitrogens is 4. The highest BCUT2D eigenvalue weighted by Crippen LogP contribution is 2.30. The van der Waals surface area contributed by atoms with Crippen molar-refractivity contribution in [2.24, 2.45) is 0 Å². The molecule has 40 heavy (non-hydrogen) atoms. The van der Waals surface area contributed by atoms with Crippen molar-refractivity contribution in [3.8, 4) is 0 Å². The lowest BCUT2D eigenvalue weighted by molar-refractivity contribution is 0.556. The summed E-state index contributed by atoms with van der Waals surface area (Å²) in [6.45, 7) is 6.33. The zero-order valence-corrected chi connectivity index (χ0v) is 27.5. The molecule has 0 aliphatic rings. The van der Waals surface area contributed by atoms with Gasteiger partial charge in [0.1, 0.15) is 11.0 Å². The Balaban J connectivity index is 1.84. The lowest BCUT2D eigenvalue weighted by Crippen LogP contribution is -2.23. The van der Waals surface area contributed by atoms with Crippen LogP contribution in [-0.2, 0) is 0 Å². The van der Waals surface area contributed by atoms with Gasteiger partial charge in [0.15, 0.2) is 11.6 Å². The van der Waals surface area contributed by atoms with Crippen LogP contribution in [0.4, 0.5) is 11.6 Å².